The molecule has 9 heavy (non-hydrogen) atoms. The smallest absolute Gasteiger partial charge is 0.433 e. The molecule has 0 aromatic carbocycles. The van der Waals surface area contributed by atoms with Crippen molar-refractivity contribution in [1.82, 2.24) is 0 Å². The summed E-state index contributed by atoms with van der Waals surface area (Å²) in [7, 11) is 0. The van der Waals surface area contributed by atoms with Crippen LogP contribution in [0.3, 0.4) is 0 Å². The first kappa shape index (κ1) is 7.97. The Hall–Kier alpha value is -1.03. The van der Waals surface area contributed by atoms with Crippen LogP contribution in [0.25, 0.3) is 0 Å². The first-order valence-electron chi connectivity index (χ1n) is 2.45. The lowest BCUT2D eigenvalue weighted by atomic mass is 10.7. The molecule has 0 aliphatic carbocycles. The van der Waals surface area contributed by atoms with Gasteiger partial charge in [0.25, 0.3) is 0 Å². The van der Waals surface area contributed by atoms with Crippen molar-refractivity contribution in [2.45, 2.75) is 0 Å². The molecule has 0 aromatic rings. The molecule has 0 bridgehead atoms. The minimum absolute atomic E-state index is 0.173. The zero-order valence-electron chi connectivity index (χ0n) is 5.00. The normalized spacial score (nSPS) is 8.11. The summed E-state index contributed by atoms with van der Waals surface area (Å²) in [5.74, 6) is 0. The Kier molecular flexibility index (Phi) is 4.53. The molecule has 0 heterocycles. The maximum Gasteiger partial charge on any atom is 0.513 e. The van der Waals surface area contributed by atoms with E-state index in [0.717, 1.165) is 6.26 Å². The SMILES string of the molecule is C=COC(=O)OCCN. The zero-order chi connectivity index (χ0) is 7.11. The van der Waals surface area contributed by atoms with Gasteiger partial charge < -0.3 is 15.2 Å². The van der Waals surface area contributed by atoms with E-state index in [1.165, 1.54) is 0 Å². The van der Waals surface area contributed by atoms with E-state index >= 15 is 0 Å². The van der Waals surface area contributed by atoms with Gasteiger partial charge in [0.15, 0.2) is 0 Å². The maximum absolute atomic E-state index is 10.2. The van der Waals surface area contributed by atoms with Crippen LogP contribution in [-0.2, 0) is 9.47 Å². The van der Waals surface area contributed by atoms with Gasteiger partial charge in [0, 0.05) is 6.54 Å². The number of hydrogen-bond donors (Lipinski definition) is 1. The number of nitrogens with two attached hydrogens (primary N) is 1. The molecule has 0 saturated carbocycles. The predicted molar refractivity (Wildman–Crippen MR) is 31.7 cm³/mol. The van der Waals surface area contributed by atoms with E-state index < -0.39 is 6.16 Å². The topological polar surface area (TPSA) is 61.5 Å². The van der Waals surface area contributed by atoms with Crippen molar-refractivity contribution in [2.24, 2.45) is 5.73 Å². The summed E-state index contributed by atoms with van der Waals surface area (Å²) in [4.78, 5) is 10.2. The van der Waals surface area contributed by atoms with Gasteiger partial charge in [0.1, 0.15) is 6.61 Å². The molecule has 0 aliphatic rings. The molecule has 52 valence electrons. The Balaban J connectivity index is 3.16. The Morgan fingerprint density at radius 3 is 2.89 bits per heavy atom. The van der Waals surface area contributed by atoms with Crippen LogP contribution in [0.1, 0.15) is 0 Å². The molecule has 2 N–H and O–H groups in total. The van der Waals surface area contributed by atoms with Crippen molar-refractivity contribution in [1.29, 1.82) is 0 Å². The zero-order valence-corrected chi connectivity index (χ0v) is 5.00. The summed E-state index contributed by atoms with van der Waals surface area (Å²) in [6.45, 7) is 3.63. The Bertz CT molecular complexity index is 102. The molecule has 0 fully saturated rings. The van der Waals surface area contributed by atoms with Crippen LogP contribution in [0.15, 0.2) is 12.8 Å². The molecule has 4 nitrogen and oxygen atoms in total. The average Bonchev–Trinajstić information content (AvgIpc) is 1.85. The third-order valence-electron chi connectivity index (χ3n) is 0.517. The minimum atomic E-state index is -0.768. The maximum atomic E-state index is 10.2. The van der Waals surface area contributed by atoms with Crippen LogP contribution in [0.5, 0.6) is 0 Å². The quantitative estimate of drug-likeness (QED) is 0.440. The molecule has 0 radical (unpaired) electrons. The van der Waals surface area contributed by atoms with E-state index in [0.29, 0.717) is 6.54 Å². The van der Waals surface area contributed by atoms with Crippen molar-refractivity contribution in [3.8, 4) is 0 Å². The summed E-state index contributed by atoms with van der Waals surface area (Å²) in [5.41, 5.74) is 5.01. The van der Waals surface area contributed by atoms with Crippen molar-refractivity contribution in [2.75, 3.05) is 13.2 Å². The van der Waals surface area contributed by atoms with E-state index in [1.807, 2.05) is 0 Å². The lowest BCUT2D eigenvalue weighted by Crippen LogP contribution is -2.12. The summed E-state index contributed by atoms with van der Waals surface area (Å²) in [6.07, 6.45) is 0.231. The van der Waals surface area contributed by atoms with Gasteiger partial charge >= 0.3 is 6.16 Å². The second-order valence-electron chi connectivity index (χ2n) is 1.17. The van der Waals surface area contributed by atoms with Gasteiger partial charge in [-0.25, -0.2) is 4.79 Å². The molecule has 0 amide bonds. The number of hydrogen-bond acceptors (Lipinski definition) is 4. The molecule has 0 aromatic heterocycles. The molecule has 0 atom stereocenters. The number of carbonyl (C=O) groups is 1. The monoisotopic (exact) mass is 131 g/mol. The van der Waals surface area contributed by atoms with E-state index in [4.69, 9.17) is 5.73 Å². The van der Waals surface area contributed by atoms with Crippen molar-refractivity contribution in [3.05, 3.63) is 12.8 Å². The van der Waals surface area contributed by atoms with Crippen LogP contribution >= 0.6 is 0 Å². The van der Waals surface area contributed by atoms with E-state index in [-0.39, 0.29) is 6.61 Å². The predicted octanol–water partition coefficient (Wildman–Crippen LogP) is 0.242. The van der Waals surface area contributed by atoms with Crippen LogP contribution in [-0.4, -0.2) is 19.3 Å². The first-order valence-corrected chi connectivity index (χ1v) is 2.45. The number of ether oxygens (including phenoxy) is 2. The summed E-state index contributed by atoms with van der Waals surface area (Å²) in [6, 6.07) is 0. The largest absolute Gasteiger partial charge is 0.513 e. The first-order chi connectivity index (χ1) is 4.31. The summed E-state index contributed by atoms with van der Waals surface area (Å²) >= 11 is 0. The molecule has 0 unspecified atom stereocenters. The standard InChI is InChI=1S/C5H9NO3/c1-2-8-5(7)9-4-3-6/h2H,1,3-4,6H2. The second kappa shape index (κ2) is 5.11. The highest BCUT2D eigenvalue weighted by molar-refractivity contribution is 5.60. The molecule has 0 aliphatic heterocycles. The molecule has 0 spiro atoms. The van der Waals surface area contributed by atoms with Gasteiger partial charge in [-0.1, -0.05) is 6.58 Å². The van der Waals surface area contributed by atoms with Gasteiger partial charge in [-0.15, -0.1) is 0 Å². The van der Waals surface area contributed by atoms with Crippen LogP contribution in [0.2, 0.25) is 0 Å². The molecule has 0 saturated heterocycles. The highest BCUT2D eigenvalue weighted by Crippen LogP contribution is 1.82. The van der Waals surface area contributed by atoms with E-state index in [9.17, 15) is 4.79 Å². The van der Waals surface area contributed by atoms with Crippen molar-refractivity contribution < 1.29 is 14.3 Å². The molecular weight excluding hydrogens is 122 g/mol. The van der Waals surface area contributed by atoms with Crippen LogP contribution in [0.4, 0.5) is 4.79 Å². The fraction of sp³-hybridized carbons (Fsp3) is 0.400. The number of rotatable bonds is 3. The molecular formula is C5H9NO3. The van der Waals surface area contributed by atoms with Crippen molar-refractivity contribution >= 4 is 6.16 Å². The Morgan fingerprint density at radius 2 is 2.44 bits per heavy atom. The molecule has 0 rings (SSSR count). The Morgan fingerprint density at radius 1 is 1.78 bits per heavy atom. The highest BCUT2D eigenvalue weighted by atomic mass is 16.7. The lowest BCUT2D eigenvalue weighted by Gasteiger charge is -1.98. The van der Waals surface area contributed by atoms with Gasteiger partial charge in [0.05, 0.1) is 6.26 Å². The van der Waals surface area contributed by atoms with Gasteiger partial charge in [-0.3, -0.25) is 0 Å². The average molecular weight is 131 g/mol. The van der Waals surface area contributed by atoms with Crippen LogP contribution in [0, 0.1) is 0 Å². The molecule has 4 heteroatoms. The Labute approximate surface area is 53.2 Å². The van der Waals surface area contributed by atoms with E-state index in [2.05, 4.69) is 16.1 Å². The minimum Gasteiger partial charge on any atom is -0.433 e. The van der Waals surface area contributed by atoms with Crippen molar-refractivity contribution in [3.63, 3.8) is 0 Å². The van der Waals surface area contributed by atoms with Crippen LogP contribution < -0.4 is 5.73 Å². The van der Waals surface area contributed by atoms with Gasteiger partial charge in [-0.2, -0.15) is 0 Å². The fourth-order valence-corrected chi connectivity index (χ4v) is 0.244. The second-order valence-corrected chi connectivity index (χ2v) is 1.17. The number of carbonyl (C=O) groups excluding carboxylic acids is 1. The van der Waals surface area contributed by atoms with Gasteiger partial charge in [0.2, 0.25) is 0 Å². The summed E-state index contributed by atoms with van der Waals surface area (Å²) < 4.78 is 8.57. The van der Waals surface area contributed by atoms with Gasteiger partial charge in [-0.05, 0) is 0 Å². The fourth-order valence-electron chi connectivity index (χ4n) is 0.244. The van der Waals surface area contributed by atoms with E-state index in [1.54, 1.807) is 0 Å². The lowest BCUT2D eigenvalue weighted by molar-refractivity contribution is 0.0875. The third-order valence-corrected chi connectivity index (χ3v) is 0.517. The third kappa shape index (κ3) is 4.83. The highest BCUT2D eigenvalue weighted by Gasteiger charge is 1.96. The summed E-state index contributed by atoms with van der Waals surface area (Å²) in [5, 5.41) is 0.